The number of carbonyl (C=O) groups excluding carboxylic acids is 2. The predicted molar refractivity (Wildman–Crippen MR) is 103 cm³/mol. The van der Waals surface area contributed by atoms with Crippen LogP contribution in [0.2, 0.25) is 0 Å². The lowest BCUT2D eigenvalue weighted by Gasteiger charge is -2.48. The highest BCUT2D eigenvalue weighted by molar-refractivity contribution is 7.17. The van der Waals surface area contributed by atoms with Gasteiger partial charge in [0.15, 0.2) is 5.13 Å². The fraction of sp³-hybridized carbons (Fsp3) is 0.722. The van der Waals surface area contributed by atoms with Crippen LogP contribution in [0.1, 0.15) is 41.0 Å². The molecule has 0 radical (unpaired) electrons. The van der Waals surface area contributed by atoms with E-state index in [1.54, 1.807) is 0 Å². The van der Waals surface area contributed by atoms with Gasteiger partial charge in [0.2, 0.25) is 5.91 Å². The Bertz CT molecular complexity index is 689. The van der Waals surface area contributed by atoms with E-state index < -0.39 is 0 Å². The molecule has 1 spiro atoms. The standard InChI is InChI=1S/C18H29N5O2S/c1-13-15(26-17(19)20-13)16(25)23-8-4-6-18(12-23)7-5-14(24)22(11-18)10-9-21(2)3/h4-12H2,1-3H3,(H2,19,20). The van der Waals surface area contributed by atoms with Gasteiger partial charge in [-0.05, 0) is 40.3 Å². The minimum atomic E-state index is 0.0261. The average Bonchev–Trinajstić information content (AvgIpc) is 2.93. The van der Waals surface area contributed by atoms with E-state index in [0.717, 1.165) is 52.0 Å². The summed E-state index contributed by atoms with van der Waals surface area (Å²) in [5, 5.41) is 0.440. The number of nitrogens with two attached hydrogens (primary N) is 1. The van der Waals surface area contributed by atoms with E-state index in [1.165, 1.54) is 11.3 Å². The number of hydrogen-bond donors (Lipinski definition) is 1. The van der Waals surface area contributed by atoms with Crippen molar-refractivity contribution in [3.8, 4) is 0 Å². The van der Waals surface area contributed by atoms with Gasteiger partial charge in [-0.25, -0.2) is 4.98 Å². The van der Waals surface area contributed by atoms with Gasteiger partial charge >= 0.3 is 0 Å². The smallest absolute Gasteiger partial charge is 0.265 e. The Balaban J connectivity index is 1.71. The summed E-state index contributed by atoms with van der Waals surface area (Å²) in [4.78, 5) is 36.2. The van der Waals surface area contributed by atoms with Crippen LogP contribution < -0.4 is 5.73 Å². The molecule has 2 fully saturated rings. The topological polar surface area (TPSA) is 82.8 Å². The number of thiazole rings is 1. The first kappa shape index (κ1) is 19.1. The van der Waals surface area contributed by atoms with Crippen molar-refractivity contribution in [2.45, 2.75) is 32.6 Å². The molecule has 0 saturated carbocycles. The van der Waals surface area contributed by atoms with Crippen molar-refractivity contribution in [3.63, 3.8) is 0 Å². The largest absolute Gasteiger partial charge is 0.375 e. The fourth-order valence-electron chi connectivity index (χ4n) is 4.10. The average molecular weight is 380 g/mol. The minimum absolute atomic E-state index is 0.0261. The third-order valence-electron chi connectivity index (χ3n) is 5.52. The number of aryl methyl sites for hydroxylation is 1. The number of amides is 2. The van der Waals surface area contributed by atoms with Gasteiger partial charge in [-0.1, -0.05) is 11.3 Å². The first-order valence-corrected chi connectivity index (χ1v) is 10.1. The number of likely N-dealkylation sites (tertiary alicyclic amines) is 2. The maximum Gasteiger partial charge on any atom is 0.265 e. The van der Waals surface area contributed by atoms with Gasteiger partial charge in [-0.3, -0.25) is 9.59 Å². The summed E-state index contributed by atoms with van der Waals surface area (Å²) >= 11 is 1.27. The number of aromatic nitrogens is 1. The molecule has 3 rings (SSSR count). The number of hydrogen-bond acceptors (Lipinski definition) is 6. The van der Waals surface area contributed by atoms with Crippen molar-refractivity contribution < 1.29 is 9.59 Å². The normalized spacial score (nSPS) is 23.9. The minimum Gasteiger partial charge on any atom is -0.375 e. The van der Waals surface area contributed by atoms with Crippen LogP contribution in [0.4, 0.5) is 5.13 Å². The molecule has 2 saturated heterocycles. The SMILES string of the molecule is Cc1nc(N)sc1C(=O)N1CCCC2(CCC(=O)N(CCN(C)C)C2)C1. The van der Waals surface area contributed by atoms with E-state index in [2.05, 4.69) is 9.88 Å². The van der Waals surface area contributed by atoms with Crippen molar-refractivity contribution in [1.82, 2.24) is 19.7 Å². The number of nitrogen functional groups attached to an aromatic ring is 1. The summed E-state index contributed by atoms with van der Waals surface area (Å²) in [5.74, 6) is 0.277. The summed E-state index contributed by atoms with van der Waals surface area (Å²) in [6.45, 7) is 5.70. The molecule has 0 aromatic carbocycles. The third kappa shape index (κ3) is 4.01. The molecule has 8 heteroatoms. The van der Waals surface area contributed by atoms with E-state index in [9.17, 15) is 9.59 Å². The summed E-state index contributed by atoms with van der Waals surface area (Å²) in [7, 11) is 4.04. The summed E-state index contributed by atoms with van der Waals surface area (Å²) < 4.78 is 0. The zero-order valence-corrected chi connectivity index (χ0v) is 16.8. The van der Waals surface area contributed by atoms with E-state index >= 15 is 0 Å². The van der Waals surface area contributed by atoms with Crippen molar-refractivity contribution in [1.29, 1.82) is 0 Å². The van der Waals surface area contributed by atoms with E-state index in [-0.39, 0.29) is 17.2 Å². The van der Waals surface area contributed by atoms with Crippen molar-refractivity contribution in [2.24, 2.45) is 5.41 Å². The summed E-state index contributed by atoms with van der Waals surface area (Å²) in [5.41, 5.74) is 6.50. The van der Waals surface area contributed by atoms with Crippen LogP contribution in [-0.4, -0.2) is 78.3 Å². The molecule has 1 aromatic heterocycles. The highest BCUT2D eigenvalue weighted by Gasteiger charge is 2.43. The summed E-state index contributed by atoms with van der Waals surface area (Å²) in [6, 6.07) is 0. The van der Waals surface area contributed by atoms with E-state index in [0.29, 0.717) is 22.1 Å². The van der Waals surface area contributed by atoms with Crippen molar-refractivity contribution in [3.05, 3.63) is 10.6 Å². The Kier molecular flexibility index (Phi) is 5.53. The number of piperidine rings is 2. The second-order valence-electron chi connectivity index (χ2n) is 7.92. The zero-order chi connectivity index (χ0) is 18.9. The molecule has 1 unspecified atom stereocenters. The Morgan fingerprint density at radius 3 is 2.77 bits per heavy atom. The molecule has 144 valence electrons. The molecular formula is C18H29N5O2S. The molecule has 2 aliphatic heterocycles. The summed E-state index contributed by atoms with van der Waals surface area (Å²) in [6.07, 6.45) is 3.51. The van der Waals surface area contributed by atoms with Crippen molar-refractivity contribution >= 4 is 28.3 Å². The molecular weight excluding hydrogens is 350 g/mol. The molecule has 26 heavy (non-hydrogen) atoms. The molecule has 1 atom stereocenters. The molecule has 0 bridgehead atoms. The molecule has 2 amide bonds. The van der Waals surface area contributed by atoms with Crippen LogP contribution in [0.15, 0.2) is 0 Å². The van der Waals surface area contributed by atoms with Gasteiger partial charge in [0.1, 0.15) is 4.88 Å². The Morgan fingerprint density at radius 2 is 2.12 bits per heavy atom. The first-order chi connectivity index (χ1) is 12.3. The second-order valence-corrected chi connectivity index (χ2v) is 8.95. The van der Waals surface area contributed by atoms with Crippen LogP contribution in [0.3, 0.4) is 0 Å². The van der Waals surface area contributed by atoms with Gasteiger partial charge in [-0.15, -0.1) is 0 Å². The molecule has 3 heterocycles. The van der Waals surface area contributed by atoms with Gasteiger partial charge in [0.05, 0.1) is 5.69 Å². The van der Waals surface area contributed by atoms with Crippen LogP contribution >= 0.6 is 11.3 Å². The first-order valence-electron chi connectivity index (χ1n) is 9.24. The van der Waals surface area contributed by atoms with Gasteiger partial charge in [0, 0.05) is 44.6 Å². The number of rotatable bonds is 4. The second kappa shape index (κ2) is 7.52. The van der Waals surface area contributed by atoms with E-state index in [4.69, 9.17) is 5.73 Å². The van der Waals surface area contributed by atoms with E-state index in [1.807, 2.05) is 30.8 Å². The molecule has 2 N–H and O–H groups in total. The lowest BCUT2D eigenvalue weighted by Crippen LogP contribution is -2.55. The van der Waals surface area contributed by atoms with Gasteiger partial charge < -0.3 is 20.4 Å². The van der Waals surface area contributed by atoms with Crippen LogP contribution in [0, 0.1) is 12.3 Å². The Morgan fingerprint density at radius 1 is 1.35 bits per heavy atom. The maximum atomic E-state index is 13.0. The molecule has 2 aliphatic rings. The lowest BCUT2D eigenvalue weighted by atomic mass is 9.73. The fourth-order valence-corrected chi connectivity index (χ4v) is 4.90. The van der Waals surface area contributed by atoms with Crippen LogP contribution in [-0.2, 0) is 4.79 Å². The quantitative estimate of drug-likeness (QED) is 0.856. The molecule has 0 aliphatic carbocycles. The monoisotopic (exact) mass is 379 g/mol. The lowest BCUT2D eigenvalue weighted by molar-refractivity contribution is -0.139. The number of likely N-dealkylation sites (N-methyl/N-ethyl adjacent to an activating group) is 1. The third-order valence-corrected chi connectivity index (χ3v) is 6.50. The Hall–Kier alpha value is -1.67. The highest BCUT2D eigenvalue weighted by Crippen LogP contribution is 2.39. The number of carbonyl (C=O) groups is 2. The van der Waals surface area contributed by atoms with Crippen molar-refractivity contribution in [2.75, 3.05) is 52.6 Å². The maximum absolute atomic E-state index is 13.0. The number of nitrogens with zero attached hydrogens (tertiary/aromatic N) is 4. The Labute approximate surface area is 159 Å². The van der Waals surface area contributed by atoms with Gasteiger partial charge in [0.25, 0.3) is 5.91 Å². The van der Waals surface area contributed by atoms with Crippen LogP contribution in [0.5, 0.6) is 0 Å². The highest BCUT2D eigenvalue weighted by atomic mass is 32.1. The van der Waals surface area contributed by atoms with Crippen LogP contribution in [0.25, 0.3) is 0 Å². The zero-order valence-electron chi connectivity index (χ0n) is 16.0. The molecule has 7 nitrogen and oxygen atoms in total. The number of anilines is 1. The molecule has 1 aromatic rings. The van der Waals surface area contributed by atoms with Gasteiger partial charge in [-0.2, -0.15) is 0 Å². The predicted octanol–water partition coefficient (Wildman–Crippen LogP) is 1.44.